The van der Waals surface area contributed by atoms with Gasteiger partial charge in [-0.2, -0.15) is 5.10 Å². The maximum absolute atomic E-state index is 13.5. The molecule has 0 saturated heterocycles. The first kappa shape index (κ1) is 17.5. The number of alkyl halides is 2. The van der Waals surface area contributed by atoms with E-state index < -0.39 is 18.0 Å². The van der Waals surface area contributed by atoms with Crippen LogP contribution < -0.4 is 5.32 Å². The van der Waals surface area contributed by atoms with Crippen LogP contribution in [0.5, 0.6) is 0 Å². The van der Waals surface area contributed by atoms with Crippen LogP contribution in [0.4, 0.5) is 14.5 Å². The monoisotopic (exact) mass is 371 g/mol. The summed E-state index contributed by atoms with van der Waals surface area (Å²) in [6.07, 6.45) is 8.41. The van der Waals surface area contributed by atoms with Crippen LogP contribution >= 0.6 is 0 Å². The average molecular weight is 371 g/mol. The largest absolute Gasteiger partial charge is 0.319 e. The van der Waals surface area contributed by atoms with Gasteiger partial charge in [0.2, 0.25) is 0 Å². The summed E-state index contributed by atoms with van der Waals surface area (Å²) in [6, 6.07) is 3.63. The number of pyridine rings is 2. The van der Waals surface area contributed by atoms with Gasteiger partial charge in [-0.05, 0) is 25.0 Å². The zero-order chi connectivity index (χ0) is 18.8. The summed E-state index contributed by atoms with van der Waals surface area (Å²) in [7, 11) is 0. The Labute approximate surface area is 154 Å². The lowest BCUT2D eigenvalue weighted by atomic mass is 9.96. The lowest BCUT2D eigenvalue weighted by Crippen LogP contribution is -2.14. The molecule has 1 saturated carbocycles. The molecule has 8 heteroatoms. The SMILES string of the molecule is O=C(Nc1cn(C2CCCCC2)nc1C(F)F)c1cncc2cccnc12. The first-order chi connectivity index (χ1) is 13.1. The first-order valence-corrected chi connectivity index (χ1v) is 9.01. The third kappa shape index (κ3) is 3.51. The minimum absolute atomic E-state index is 0.0357. The maximum atomic E-state index is 13.5. The van der Waals surface area contributed by atoms with E-state index in [9.17, 15) is 13.6 Å². The van der Waals surface area contributed by atoms with Gasteiger partial charge in [-0.25, -0.2) is 8.78 Å². The average Bonchev–Trinajstić information content (AvgIpc) is 3.12. The number of halogens is 2. The zero-order valence-electron chi connectivity index (χ0n) is 14.6. The van der Waals surface area contributed by atoms with Crippen molar-refractivity contribution in [3.63, 3.8) is 0 Å². The Hall–Kier alpha value is -2.90. The molecule has 140 valence electrons. The van der Waals surface area contributed by atoms with E-state index in [0.717, 1.165) is 32.1 Å². The second-order valence-corrected chi connectivity index (χ2v) is 6.72. The number of hydrogen-bond donors (Lipinski definition) is 1. The van der Waals surface area contributed by atoms with Crippen molar-refractivity contribution in [1.29, 1.82) is 0 Å². The topological polar surface area (TPSA) is 72.7 Å². The Morgan fingerprint density at radius 2 is 2.04 bits per heavy atom. The van der Waals surface area contributed by atoms with Crippen LogP contribution in [0.2, 0.25) is 0 Å². The number of aromatic nitrogens is 4. The van der Waals surface area contributed by atoms with Crippen molar-refractivity contribution < 1.29 is 13.6 Å². The van der Waals surface area contributed by atoms with Gasteiger partial charge in [0.15, 0.2) is 5.69 Å². The quantitative estimate of drug-likeness (QED) is 0.732. The molecular weight excluding hydrogens is 352 g/mol. The van der Waals surface area contributed by atoms with Gasteiger partial charge in [0, 0.05) is 30.2 Å². The van der Waals surface area contributed by atoms with Crippen molar-refractivity contribution in [2.24, 2.45) is 0 Å². The summed E-state index contributed by atoms with van der Waals surface area (Å²) in [6.45, 7) is 0. The van der Waals surface area contributed by atoms with Crippen LogP contribution in [0.25, 0.3) is 10.9 Å². The predicted octanol–water partition coefficient (Wildman–Crippen LogP) is 4.52. The molecule has 1 aliphatic carbocycles. The van der Waals surface area contributed by atoms with Crippen molar-refractivity contribution in [2.75, 3.05) is 5.32 Å². The summed E-state index contributed by atoms with van der Waals surface area (Å²) in [5, 5.41) is 7.35. The highest BCUT2D eigenvalue weighted by molar-refractivity contribution is 6.11. The lowest BCUT2D eigenvalue weighted by molar-refractivity contribution is 0.102. The fourth-order valence-electron chi connectivity index (χ4n) is 3.55. The standard InChI is InChI=1S/C19H19F2N5O/c20-18(21)17-15(11-26(25-17)13-6-2-1-3-7-13)24-19(27)14-10-22-9-12-5-4-8-23-16(12)14/h4-5,8-11,13,18H,1-3,6-7H2,(H,24,27). The van der Waals surface area contributed by atoms with Gasteiger partial charge in [0.25, 0.3) is 12.3 Å². The van der Waals surface area contributed by atoms with Crippen LogP contribution in [0.1, 0.15) is 60.6 Å². The highest BCUT2D eigenvalue weighted by atomic mass is 19.3. The molecule has 3 heterocycles. The predicted molar refractivity (Wildman–Crippen MR) is 96.8 cm³/mol. The molecule has 1 fully saturated rings. The number of hydrogen-bond acceptors (Lipinski definition) is 4. The minimum Gasteiger partial charge on any atom is -0.319 e. The summed E-state index contributed by atoms with van der Waals surface area (Å²) in [5.74, 6) is -0.531. The highest BCUT2D eigenvalue weighted by Gasteiger charge is 2.24. The normalized spacial score (nSPS) is 15.4. The fourth-order valence-corrected chi connectivity index (χ4v) is 3.55. The van der Waals surface area contributed by atoms with Gasteiger partial charge in [-0.1, -0.05) is 19.3 Å². The van der Waals surface area contributed by atoms with Gasteiger partial charge in [-0.3, -0.25) is 19.4 Å². The molecule has 0 spiro atoms. The lowest BCUT2D eigenvalue weighted by Gasteiger charge is -2.21. The first-order valence-electron chi connectivity index (χ1n) is 9.01. The highest BCUT2D eigenvalue weighted by Crippen LogP contribution is 2.32. The van der Waals surface area contributed by atoms with Crippen molar-refractivity contribution >= 4 is 22.5 Å². The third-order valence-electron chi connectivity index (χ3n) is 4.92. The number of carbonyl (C=O) groups is 1. The van der Waals surface area contributed by atoms with E-state index in [0.29, 0.717) is 10.9 Å². The fraction of sp³-hybridized carbons (Fsp3) is 0.368. The number of amides is 1. The summed E-state index contributed by atoms with van der Waals surface area (Å²) >= 11 is 0. The van der Waals surface area contributed by atoms with Crippen LogP contribution in [-0.2, 0) is 0 Å². The molecule has 0 aliphatic heterocycles. The molecule has 0 bridgehead atoms. The van der Waals surface area contributed by atoms with Crippen molar-refractivity contribution in [1.82, 2.24) is 19.7 Å². The van der Waals surface area contributed by atoms with Gasteiger partial charge >= 0.3 is 0 Å². The van der Waals surface area contributed by atoms with E-state index in [1.807, 2.05) is 0 Å². The number of carbonyl (C=O) groups excluding carboxylic acids is 1. The summed E-state index contributed by atoms with van der Waals surface area (Å²) in [5.41, 5.74) is 0.339. The van der Waals surface area contributed by atoms with Crippen molar-refractivity contribution in [3.05, 3.63) is 48.2 Å². The van der Waals surface area contributed by atoms with Crippen LogP contribution in [0, 0.1) is 0 Å². The Bertz CT molecular complexity index is 960. The van der Waals surface area contributed by atoms with Crippen LogP contribution in [0.15, 0.2) is 36.9 Å². The van der Waals surface area contributed by atoms with Gasteiger partial charge in [0.1, 0.15) is 0 Å². The Balaban J connectivity index is 1.64. The Kier molecular flexibility index (Phi) is 4.79. The Morgan fingerprint density at radius 1 is 1.22 bits per heavy atom. The van der Waals surface area contributed by atoms with Crippen molar-refractivity contribution in [2.45, 2.75) is 44.6 Å². The van der Waals surface area contributed by atoms with E-state index in [-0.39, 0.29) is 17.3 Å². The van der Waals surface area contributed by atoms with Gasteiger partial charge in [0.05, 0.1) is 22.8 Å². The van der Waals surface area contributed by atoms with E-state index in [1.54, 1.807) is 29.2 Å². The van der Waals surface area contributed by atoms with Crippen molar-refractivity contribution in [3.8, 4) is 0 Å². The molecular formula is C19H19F2N5O. The molecule has 0 atom stereocenters. The number of fused-ring (bicyclic) bond motifs is 1. The molecule has 0 unspecified atom stereocenters. The number of nitrogens with one attached hydrogen (secondary N) is 1. The number of rotatable bonds is 4. The van der Waals surface area contributed by atoms with Crippen LogP contribution in [0.3, 0.4) is 0 Å². The van der Waals surface area contributed by atoms with Crippen LogP contribution in [-0.4, -0.2) is 25.7 Å². The number of nitrogens with zero attached hydrogens (tertiary/aromatic N) is 4. The molecule has 27 heavy (non-hydrogen) atoms. The van der Waals surface area contributed by atoms with Gasteiger partial charge < -0.3 is 5.32 Å². The molecule has 1 N–H and O–H groups in total. The zero-order valence-corrected chi connectivity index (χ0v) is 14.6. The summed E-state index contributed by atoms with van der Waals surface area (Å²) < 4.78 is 28.5. The third-order valence-corrected chi connectivity index (χ3v) is 4.92. The van der Waals surface area contributed by atoms with E-state index in [2.05, 4.69) is 20.4 Å². The molecule has 1 amide bonds. The molecule has 0 aromatic carbocycles. The maximum Gasteiger partial charge on any atom is 0.284 e. The molecule has 3 aromatic heterocycles. The second-order valence-electron chi connectivity index (χ2n) is 6.72. The molecule has 6 nitrogen and oxygen atoms in total. The molecule has 1 aliphatic rings. The molecule has 0 radical (unpaired) electrons. The van der Waals surface area contributed by atoms with E-state index in [1.165, 1.54) is 12.4 Å². The minimum atomic E-state index is -2.77. The van der Waals surface area contributed by atoms with E-state index in [4.69, 9.17) is 0 Å². The molecule has 4 rings (SSSR count). The smallest absolute Gasteiger partial charge is 0.284 e. The summed E-state index contributed by atoms with van der Waals surface area (Å²) in [4.78, 5) is 21.0. The Morgan fingerprint density at radius 3 is 2.81 bits per heavy atom. The molecule has 3 aromatic rings. The van der Waals surface area contributed by atoms with Gasteiger partial charge in [-0.15, -0.1) is 0 Å². The number of anilines is 1. The second kappa shape index (κ2) is 7.38. The van der Waals surface area contributed by atoms with E-state index >= 15 is 0 Å².